The maximum atomic E-state index is 14.1. The number of nitro groups is 1. The van der Waals surface area contributed by atoms with Gasteiger partial charge in [0.15, 0.2) is 17.2 Å². The molecule has 0 radical (unpaired) electrons. The summed E-state index contributed by atoms with van der Waals surface area (Å²) in [4.78, 5) is 9.60. The van der Waals surface area contributed by atoms with E-state index in [1.807, 2.05) is 0 Å². The lowest BCUT2D eigenvalue weighted by atomic mass is 9.92. The van der Waals surface area contributed by atoms with Crippen LogP contribution in [0.5, 0.6) is 23.0 Å². The van der Waals surface area contributed by atoms with Gasteiger partial charge in [-0.05, 0) is 60.0 Å². The highest BCUT2D eigenvalue weighted by Crippen LogP contribution is 2.49. The summed E-state index contributed by atoms with van der Waals surface area (Å²) in [5.74, 6) is -3.38. The smallest absolute Gasteiger partial charge is 0.322 e. The van der Waals surface area contributed by atoms with Crippen molar-refractivity contribution in [3.05, 3.63) is 52.6 Å². The van der Waals surface area contributed by atoms with Crippen molar-refractivity contribution in [2.24, 2.45) is 0 Å². The van der Waals surface area contributed by atoms with Crippen LogP contribution in [0.4, 0.5) is 5.69 Å². The highest BCUT2D eigenvalue weighted by molar-refractivity contribution is 7.89. The Morgan fingerprint density at radius 2 is 1.29 bits per heavy atom. The van der Waals surface area contributed by atoms with Crippen molar-refractivity contribution in [1.82, 2.24) is 4.31 Å². The van der Waals surface area contributed by atoms with E-state index in [4.69, 9.17) is 0 Å². The van der Waals surface area contributed by atoms with E-state index in [9.17, 15) is 51.9 Å². The Morgan fingerprint density at radius 3 is 1.85 bits per heavy atom. The van der Waals surface area contributed by atoms with Crippen molar-refractivity contribution in [3.8, 4) is 34.1 Å². The normalized spacial score (nSPS) is 12.4. The van der Waals surface area contributed by atoms with Gasteiger partial charge in [-0.25, -0.2) is 8.42 Å². The van der Waals surface area contributed by atoms with Crippen LogP contribution in [-0.4, -0.2) is 64.1 Å². The predicted octanol–water partition coefficient (Wildman–Crippen LogP) is 4.45. The molecule has 0 aromatic heterocycles. The van der Waals surface area contributed by atoms with Gasteiger partial charge < -0.3 is 20.4 Å². The summed E-state index contributed by atoms with van der Waals surface area (Å²) in [6.45, 7) is 3.65. The molecule has 41 heavy (non-hydrogen) atoms. The molecule has 4 aromatic rings. The lowest BCUT2D eigenvalue weighted by Gasteiger charge is -2.24. The maximum Gasteiger partial charge on any atom is 0.322 e. The molecule has 13 nitrogen and oxygen atoms in total. The Hall–Kier alpha value is -4.18. The van der Waals surface area contributed by atoms with Crippen LogP contribution in [0.2, 0.25) is 0 Å². The molecule has 15 heteroatoms. The number of sulfonamides is 1. The number of benzene rings is 4. The van der Waals surface area contributed by atoms with E-state index in [-0.39, 0.29) is 34.6 Å². The van der Waals surface area contributed by atoms with E-state index in [0.29, 0.717) is 12.8 Å². The van der Waals surface area contributed by atoms with E-state index in [0.717, 1.165) is 40.7 Å². The largest absolute Gasteiger partial charge is 0.504 e. The molecule has 0 fully saturated rings. The molecule has 0 amide bonds. The second-order valence-electron chi connectivity index (χ2n) is 9.26. The number of nitrogens with zero attached hydrogens (tertiary/aromatic N) is 2. The number of hydrogen-bond donors (Lipinski definition) is 5. The van der Waals surface area contributed by atoms with Gasteiger partial charge in [0, 0.05) is 29.6 Å². The van der Waals surface area contributed by atoms with Gasteiger partial charge in [-0.2, -0.15) is 12.7 Å². The first-order valence-electron chi connectivity index (χ1n) is 12.3. The Morgan fingerprint density at radius 1 is 0.756 bits per heavy atom. The summed E-state index contributed by atoms with van der Waals surface area (Å²) in [7, 11) is -9.58. The monoisotopic (exact) mass is 606 g/mol. The SMILES string of the molecule is CCCN(CCC)S(=O)(=O)c1ccc2c([N+](=O)[O-])c(O)c(O)cc2c1-c1c(S(=O)(=O)O)ccc2cc(O)c(O)cc12. The molecule has 0 atom stereocenters. The molecular formula is C26H26N2O11S2. The van der Waals surface area contributed by atoms with Gasteiger partial charge in [0.2, 0.25) is 15.8 Å². The fourth-order valence-electron chi connectivity index (χ4n) is 4.86. The molecule has 5 N–H and O–H groups in total. The Labute approximate surface area is 234 Å². The first-order chi connectivity index (χ1) is 19.1. The number of nitro benzene ring substituents is 1. The van der Waals surface area contributed by atoms with Gasteiger partial charge in [-0.3, -0.25) is 14.7 Å². The number of rotatable bonds is 9. The molecular weight excluding hydrogens is 580 g/mol. The van der Waals surface area contributed by atoms with Crippen LogP contribution >= 0.6 is 0 Å². The van der Waals surface area contributed by atoms with Crippen molar-refractivity contribution in [3.63, 3.8) is 0 Å². The fourth-order valence-corrected chi connectivity index (χ4v) is 7.40. The minimum atomic E-state index is -5.11. The Balaban J connectivity index is 2.38. The third-order valence-corrected chi connectivity index (χ3v) is 9.40. The summed E-state index contributed by atoms with van der Waals surface area (Å²) in [6, 6.07) is 7.10. The van der Waals surface area contributed by atoms with Crippen molar-refractivity contribution in [2.75, 3.05) is 13.1 Å². The number of fused-ring (bicyclic) bond motifs is 2. The molecule has 0 saturated heterocycles. The zero-order chi connectivity index (χ0) is 30.4. The van der Waals surface area contributed by atoms with E-state index < -0.39 is 74.7 Å². The number of aromatic hydroxyl groups is 4. The molecule has 0 unspecified atom stereocenters. The molecule has 0 bridgehead atoms. The van der Waals surface area contributed by atoms with E-state index in [1.54, 1.807) is 13.8 Å². The third-order valence-electron chi connectivity index (χ3n) is 6.56. The Bertz CT molecular complexity index is 1930. The lowest BCUT2D eigenvalue weighted by Crippen LogP contribution is -2.33. The molecule has 4 rings (SSSR count). The summed E-state index contributed by atoms with van der Waals surface area (Å²) in [6.07, 6.45) is 0.833. The van der Waals surface area contributed by atoms with E-state index in [1.165, 1.54) is 6.07 Å². The topological polar surface area (TPSA) is 216 Å². The fraction of sp³-hybridized carbons (Fsp3) is 0.231. The number of hydrogen-bond acceptors (Lipinski definition) is 10. The molecule has 0 aliphatic carbocycles. The van der Waals surface area contributed by atoms with Crippen LogP contribution in [0.15, 0.2) is 52.3 Å². The quantitative estimate of drug-likeness (QED) is 0.0776. The minimum absolute atomic E-state index is 0.0734. The Kier molecular flexibility index (Phi) is 7.75. The standard InChI is InChI=1S/C26H26N2O11S2/c1-3-9-27(10-4-2)40(35,36)21-8-6-15-17(13-20(31)26(32)25(15)28(33)34)24(21)23-16-12-19(30)18(29)11-14(16)5-7-22(23)41(37,38)39/h5-8,11-13,29-32H,3-4,9-10H2,1-2H3,(H,37,38,39). The highest BCUT2D eigenvalue weighted by Gasteiger charge is 2.34. The number of phenolic OH excluding ortho intramolecular Hbond substituents is 4. The average Bonchev–Trinajstić information content (AvgIpc) is 2.88. The maximum absolute atomic E-state index is 14.1. The van der Waals surface area contributed by atoms with Crippen LogP contribution in [0, 0.1) is 10.1 Å². The van der Waals surface area contributed by atoms with E-state index >= 15 is 0 Å². The van der Waals surface area contributed by atoms with Crippen LogP contribution in [0.1, 0.15) is 26.7 Å². The van der Waals surface area contributed by atoms with Crippen molar-refractivity contribution in [2.45, 2.75) is 36.5 Å². The third kappa shape index (κ3) is 5.08. The summed E-state index contributed by atoms with van der Waals surface area (Å²) >= 11 is 0. The molecule has 0 heterocycles. The average molecular weight is 607 g/mol. The molecule has 0 saturated carbocycles. The second-order valence-corrected chi connectivity index (χ2v) is 12.6. The van der Waals surface area contributed by atoms with Crippen molar-refractivity contribution < 1.29 is 46.7 Å². The minimum Gasteiger partial charge on any atom is -0.504 e. The van der Waals surface area contributed by atoms with Crippen LogP contribution in [0.3, 0.4) is 0 Å². The van der Waals surface area contributed by atoms with Gasteiger partial charge in [0.25, 0.3) is 10.1 Å². The molecule has 218 valence electrons. The lowest BCUT2D eigenvalue weighted by molar-refractivity contribution is -0.384. The van der Waals surface area contributed by atoms with Gasteiger partial charge in [0.05, 0.1) is 15.2 Å². The van der Waals surface area contributed by atoms with Gasteiger partial charge >= 0.3 is 5.69 Å². The summed E-state index contributed by atoms with van der Waals surface area (Å²) in [5, 5.41) is 52.3. The second kappa shape index (κ2) is 10.7. The summed E-state index contributed by atoms with van der Waals surface area (Å²) in [5.41, 5.74) is -1.91. The predicted molar refractivity (Wildman–Crippen MR) is 149 cm³/mol. The van der Waals surface area contributed by atoms with Gasteiger partial charge in [-0.1, -0.05) is 19.9 Å². The van der Waals surface area contributed by atoms with Gasteiger partial charge in [-0.15, -0.1) is 0 Å². The first-order valence-corrected chi connectivity index (χ1v) is 15.2. The molecule has 0 spiro atoms. The highest BCUT2D eigenvalue weighted by atomic mass is 32.2. The van der Waals surface area contributed by atoms with Gasteiger partial charge in [0.1, 0.15) is 4.90 Å². The van der Waals surface area contributed by atoms with Crippen LogP contribution in [0.25, 0.3) is 32.7 Å². The molecule has 0 aliphatic rings. The molecule has 4 aromatic carbocycles. The first kappa shape index (κ1) is 29.8. The van der Waals surface area contributed by atoms with Crippen molar-refractivity contribution >= 4 is 47.4 Å². The zero-order valence-electron chi connectivity index (χ0n) is 21.8. The van der Waals surface area contributed by atoms with E-state index in [2.05, 4.69) is 0 Å². The van der Waals surface area contributed by atoms with Crippen molar-refractivity contribution in [1.29, 1.82) is 0 Å². The summed E-state index contributed by atoms with van der Waals surface area (Å²) < 4.78 is 64.9. The van der Waals surface area contributed by atoms with Crippen LogP contribution in [-0.2, 0) is 20.1 Å². The zero-order valence-corrected chi connectivity index (χ0v) is 23.4. The van der Waals surface area contributed by atoms with Crippen LogP contribution < -0.4 is 0 Å². The number of phenols is 4. The molecule has 0 aliphatic heterocycles.